The molecule has 3 atom stereocenters. The Morgan fingerprint density at radius 1 is 1.43 bits per heavy atom. The second kappa shape index (κ2) is 7.43. The van der Waals surface area contributed by atoms with Crippen molar-refractivity contribution in [2.24, 2.45) is 0 Å². The molecule has 116 valence electrons. The highest BCUT2D eigenvalue weighted by Gasteiger charge is 2.29. The highest BCUT2D eigenvalue weighted by Crippen LogP contribution is 2.12. The third kappa shape index (κ3) is 4.72. The van der Waals surface area contributed by atoms with E-state index in [1.165, 1.54) is 5.56 Å². The minimum Gasteiger partial charge on any atom is -0.491 e. The molecule has 2 rings (SSSR count). The van der Waals surface area contributed by atoms with Crippen molar-refractivity contribution in [3.63, 3.8) is 0 Å². The number of rotatable bonds is 6. The fourth-order valence-corrected chi connectivity index (χ4v) is 2.32. The number of methoxy groups -OCH3 is 1. The molecule has 0 radical (unpaired) electrons. The van der Waals surface area contributed by atoms with E-state index in [0.717, 1.165) is 12.3 Å². The van der Waals surface area contributed by atoms with Crippen molar-refractivity contribution in [2.75, 3.05) is 20.3 Å². The van der Waals surface area contributed by atoms with Crippen LogP contribution in [0.25, 0.3) is 0 Å². The Kier molecular flexibility index (Phi) is 5.59. The summed E-state index contributed by atoms with van der Waals surface area (Å²) < 4.78 is 10.9. The van der Waals surface area contributed by atoms with Crippen LogP contribution in [0.2, 0.25) is 0 Å². The number of benzene rings is 1. The quantitative estimate of drug-likeness (QED) is 0.828. The standard InChI is InChI=1S/C16H24N2O3/c1-11-4-6-13(7-5-11)21-10-12(2)18-16(19)15-8-14(20-3)9-17-15/h4-7,12,14-15,17H,8-10H2,1-3H3,(H,18,19). The van der Waals surface area contributed by atoms with Gasteiger partial charge in [0.15, 0.2) is 0 Å². The summed E-state index contributed by atoms with van der Waals surface area (Å²) in [7, 11) is 1.67. The minimum atomic E-state index is -0.170. The van der Waals surface area contributed by atoms with Crippen molar-refractivity contribution in [3.8, 4) is 5.75 Å². The van der Waals surface area contributed by atoms with E-state index in [1.807, 2.05) is 38.1 Å². The van der Waals surface area contributed by atoms with Crippen molar-refractivity contribution in [2.45, 2.75) is 38.5 Å². The number of hydrogen-bond donors (Lipinski definition) is 2. The van der Waals surface area contributed by atoms with Gasteiger partial charge in [-0.25, -0.2) is 0 Å². The normalized spacial score (nSPS) is 22.8. The number of hydrogen-bond acceptors (Lipinski definition) is 4. The molecular weight excluding hydrogens is 268 g/mol. The van der Waals surface area contributed by atoms with Gasteiger partial charge >= 0.3 is 0 Å². The Hall–Kier alpha value is -1.59. The smallest absolute Gasteiger partial charge is 0.237 e. The molecule has 1 amide bonds. The predicted octanol–water partition coefficient (Wildman–Crippen LogP) is 1.26. The van der Waals surface area contributed by atoms with Crippen molar-refractivity contribution in [3.05, 3.63) is 29.8 Å². The zero-order chi connectivity index (χ0) is 15.2. The summed E-state index contributed by atoms with van der Waals surface area (Å²) in [6.45, 7) is 5.15. The van der Waals surface area contributed by atoms with Crippen LogP contribution in [0.4, 0.5) is 0 Å². The molecule has 1 aliphatic heterocycles. The number of aryl methyl sites for hydroxylation is 1. The van der Waals surface area contributed by atoms with Crippen LogP contribution < -0.4 is 15.4 Å². The summed E-state index contributed by atoms with van der Waals surface area (Å²) in [5.74, 6) is 0.828. The molecule has 5 heteroatoms. The lowest BCUT2D eigenvalue weighted by Gasteiger charge is -2.18. The predicted molar refractivity (Wildman–Crippen MR) is 81.5 cm³/mol. The third-order valence-corrected chi connectivity index (χ3v) is 3.65. The fourth-order valence-electron chi connectivity index (χ4n) is 2.32. The Balaban J connectivity index is 1.72. The molecule has 1 aliphatic rings. The molecule has 3 unspecified atom stereocenters. The molecule has 1 aromatic carbocycles. The lowest BCUT2D eigenvalue weighted by molar-refractivity contribution is -0.123. The Morgan fingerprint density at radius 2 is 2.14 bits per heavy atom. The molecule has 5 nitrogen and oxygen atoms in total. The first kappa shape index (κ1) is 15.8. The van der Waals surface area contributed by atoms with E-state index in [2.05, 4.69) is 10.6 Å². The van der Waals surface area contributed by atoms with Gasteiger partial charge in [0, 0.05) is 13.7 Å². The Bertz CT molecular complexity index is 461. The molecule has 1 aromatic rings. The van der Waals surface area contributed by atoms with Crippen molar-refractivity contribution in [1.29, 1.82) is 0 Å². The molecule has 0 bridgehead atoms. The number of amides is 1. The first-order valence-electron chi connectivity index (χ1n) is 7.34. The van der Waals surface area contributed by atoms with Crippen molar-refractivity contribution >= 4 is 5.91 Å². The fraction of sp³-hybridized carbons (Fsp3) is 0.562. The van der Waals surface area contributed by atoms with Gasteiger partial charge in [-0.2, -0.15) is 0 Å². The molecular formula is C16H24N2O3. The van der Waals surface area contributed by atoms with Crippen LogP contribution in [0.5, 0.6) is 5.75 Å². The summed E-state index contributed by atoms with van der Waals surface area (Å²) in [5.41, 5.74) is 1.20. The molecule has 0 aromatic heterocycles. The van der Waals surface area contributed by atoms with Gasteiger partial charge in [-0.1, -0.05) is 17.7 Å². The zero-order valence-electron chi connectivity index (χ0n) is 12.9. The summed E-state index contributed by atoms with van der Waals surface area (Å²) in [4.78, 5) is 12.1. The third-order valence-electron chi connectivity index (χ3n) is 3.65. The maximum absolute atomic E-state index is 12.1. The average molecular weight is 292 g/mol. The number of nitrogens with one attached hydrogen (secondary N) is 2. The molecule has 2 N–H and O–H groups in total. The minimum absolute atomic E-state index is 0.00885. The van der Waals surface area contributed by atoms with Gasteiger partial charge in [0.25, 0.3) is 0 Å². The second-order valence-electron chi connectivity index (χ2n) is 5.59. The van der Waals surface area contributed by atoms with Crippen LogP contribution in [0.15, 0.2) is 24.3 Å². The second-order valence-corrected chi connectivity index (χ2v) is 5.59. The lowest BCUT2D eigenvalue weighted by Crippen LogP contribution is -2.46. The summed E-state index contributed by atoms with van der Waals surface area (Å²) in [5, 5.41) is 6.13. The maximum atomic E-state index is 12.1. The lowest BCUT2D eigenvalue weighted by atomic mass is 10.2. The van der Waals surface area contributed by atoms with Gasteiger partial charge in [0.05, 0.1) is 18.2 Å². The van der Waals surface area contributed by atoms with Gasteiger partial charge in [-0.3, -0.25) is 4.79 Å². The molecule has 0 spiro atoms. The summed E-state index contributed by atoms with van der Waals surface area (Å²) in [6.07, 6.45) is 0.841. The monoisotopic (exact) mass is 292 g/mol. The average Bonchev–Trinajstić information content (AvgIpc) is 2.96. The highest BCUT2D eigenvalue weighted by atomic mass is 16.5. The zero-order valence-corrected chi connectivity index (χ0v) is 12.9. The van der Waals surface area contributed by atoms with Gasteiger partial charge in [-0.05, 0) is 32.4 Å². The SMILES string of the molecule is COC1CNC(C(=O)NC(C)COc2ccc(C)cc2)C1. The topological polar surface area (TPSA) is 59.6 Å². The molecule has 21 heavy (non-hydrogen) atoms. The summed E-state index contributed by atoms with van der Waals surface area (Å²) >= 11 is 0. The molecule has 0 saturated carbocycles. The number of carbonyl (C=O) groups excluding carboxylic acids is 1. The van der Waals surface area contributed by atoms with E-state index < -0.39 is 0 Å². The van der Waals surface area contributed by atoms with E-state index in [-0.39, 0.29) is 24.1 Å². The van der Waals surface area contributed by atoms with Gasteiger partial charge in [0.1, 0.15) is 12.4 Å². The van der Waals surface area contributed by atoms with Gasteiger partial charge in [0.2, 0.25) is 5.91 Å². The van der Waals surface area contributed by atoms with Gasteiger partial charge in [-0.15, -0.1) is 0 Å². The van der Waals surface area contributed by atoms with E-state index in [4.69, 9.17) is 9.47 Å². The first-order chi connectivity index (χ1) is 10.1. The maximum Gasteiger partial charge on any atom is 0.237 e. The molecule has 0 aliphatic carbocycles. The number of ether oxygens (including phenoxy) is 2. The van der Waals surface area contributed by atoms with Crippen LogP contribution >= 0.6 is 0 Å². The van der Waals surface area contributed by atoms with Crippen LogP contribution in [0.1, 0.15) is 18.9 Å². The van der Waals surface area contributed by atoms with E-state index in [9.17, 15) is 4.79 Å². The molecule has 1 saturated heterocycles. The molecule has 1 heterocycles. The van der Waals surface area contributed by atoms with Crippen LogP contribution in [-0.4, -0.2) is 44.4 Å². The summed E-state index contributed by atoms with van der Waals surface area (Å²) in [6, 6.07) is 7.67. The van der Waals surface area contributed by atoms with E-state index in [0.29, 0.717) is 13.0 Å². The molecule has 1 fully saturated rings. The van der Waals surface area contributed by atoms with Crippen LogP contribution in [0, 0.1) is 6.92 Å². The van der Waals surface area contributed by atoms with Gasteiger partial charge < -0.3 is 20.1 Å². The number of carbonyl (C=O) groups is 1. The largest absolute Gasteiger partial charge is 0.491 e. The van der Waals surface area contributed by atoms with Crippen LogP contribution in [-0.2, 0) is 9.53 Å². The van der Waals surface area contributed by atoms with E-state index in [1.54, 1.807) is 7.11 Å². The Labute approximate surface area is 126 Å². The van der Waals surface area contributed by atoms with Crippen LogP contribution in [0.3, 0.4) is 0 Å². The van der Waals surface area contributed by atoms with E-state index >= 15 is 0 Å². The Morgan fingerprint density at radius 3 is 2.76 bits per heavy atom. The highest BCUT2D eigenvalue weighted by molar-refractivity contribution is 5.82. The first-order valence-corrected chi connectivity index (χ1v) is 7.34. The van der Waals surface area contributed by atoms with Crippen molar-refractivity contribution < 1.29 is 14.3 Å². The van der Waals surface area contributed by atoms with Crippen molar-refractivity contribution in [1.82, 2.24) is 10.6 Å².